The molecule has 1 aliphatic heterocycles. The summed E-state index contributed by atoms with van der Waals surface area (Å²) in [6.07, 6.45) is 16.1. The van der Waals surface area contributed by atoms with Crippen molar-refractivity contribution in [3.63, 3.8) is 0 Å². The number of thiazole rings is 1. The van der Waals surface area contributed by atoms with Gasteiger partial charge in [0.05, 0.1) is 16.4 Å². The van der Waals surface area contributed by atoms with Gasteiger partial charge in [0.15, 0.2) is 5.13 Å². The molecule has 4 atom stereocenters. The summed E-state index contributed by atoms with van der Waals surface area (Å²) in [7, 11) is 0. The number of piperidine rings is 1. The molecule has 180 valence electrons. The Labute approximate surface area is 213 Å². The number of nitrogens with one attached hydrogen (secondary N) is 1. The molecule has 0 bridgehead atoms. The Morgan fingerprint density at radius 3 is 2.76 bits per heavy atom. The standard InChI is InChI=1S/C27H37Cl2N3S/c1-18(2)24(30-26-31-25(16-33-26)21-7-5-6-8-23(21)29)15-32-14-13-22(27(3,4)17-32)19-9-11-20(28)12-10-19/h5-7,9-11,16,18,20,22-24H,8,12-15,17H2,1-4H3,(H,30,31)/t20?,22-,23?,24+/m1/s1. The normalized spacial score (nSPS) is 28.5. The molecule has 1 N–H and O–H groups in total. The van der Waals surface area contributed by atoms with Gasteiger partial charge in [0.25, 0.3) is 0 Å². The molecule has 2 unspecified atom stereocenters. The molecule has 1 saturated heterocycles. The van der Waals surface area contributed by atoms with Crippen LogP contribution in [0.4, 0.5) is 5.13 Å². The Hall–Kier alpha value is -1.07. The van der Waals surface area contributed by atoms with Crippen molar-refractivity contribution in [1.82, 2.24) is 9.88 Å². The fraction of sp³-hybridized carbons (Fsp3) is 0.593. The van der Waals surface area contributed by atoms with E-state index in [-0.39, 0.29) is 16.2 Å². The second kappa shape index (κ2) is 10.7. The topological polar surface area (TPSA) is 28.2 Å². The minimum atomic E-state index is 0.0128. The lowest BCUT2D eigenvalue weighted by molar-refractivity contribution is 0.0688. The zero-order valence-corrected chi connectivity index (χ0v) is 22.6. The highest BCUT2D eigenvalue weighted by atomic mass is 35.5. The number of anilines is 1. The zero-order chi connectivity index (χ0) is 23.6. The van der Waals surface area contributed by atoms with Crippen LogP contribution in [0.25, 0.3) is 5.57 Å². The number of nitrogens with zero attached hydrogens (tertiary/aromatic N) is 2. The number of likely N-dealkylation sites (tertiary alicyclic amines) is 1. The summed E-state index contributed by atoms with van der Waals surface area (Å²) in [5.74, 6) is 1.11. The highest BCUT2D eigenvalue weighted by Gasteiger charge is 2.38. The highest BCUT2D eigenvalue weighted by Crippen LogP contribution is 2.41. The maximum Gasteiger partial charge on any atom is 0.183 e. The van der Waals surface area contributed by atoms with Crippen molar-refractivity contribution < 1.29 is 0 Å². The largest absolute Gasteiger partial charge is 0.357 e. The molecule has 1 fully saturated rings. The molecule has 2 aliphatic carbocycles. The van der Waals surface area contributed by atoms with Gasteiger partial charge in [-0.2, -0.15) is 0 Å². The van der Waals surface area contributed by atoms with Gasteiger partial charge in [0.2, 0.25) is 0 Å². The van der Waals surface area contributed by atoms with E-state index >= 15 is 0 Å². The number of halogens is 2. The smallest absolute Gasteiger partial charge is 0.183 e. The van der Waals surface area contributed by atoms with E-state index in [9.17, 15) is 0 Å². The van der Waals surface area contributed by atoms with Crippen molar-refractivity contribution in [2.24, 2.45) is 17.3 Å². The Kier molecular flexibility index (Phi) is 8.10. The molecule has 4 rings (SSSR count). The Morgan fingerprint density at radius 2 is 2.09 bits per heavy atom. The van der Waals surface area contributed by atoms with E-state index in [4.69, 9.17) is 28.2 Å². The molecule has 3 aliphatic rings. The fourth-order valence-electron chi connectivity index (χ4n) is 5.29. The number of rotatable bonds is 7. The second-order valence-corrected chi connectivity index (χ2v) is 12.6. The van der Waals surface area contributed by atoms with Crippen molar-refractivity contribution in [3.8, 4) is 0 Å². The molecule has 0 aromatic carbocycles. The Balaban J connectivity index is 1.39. The zero-order valence-electron chi connectivity index (χ0n) is 20.2. The van der Waals surface area contributed by atoms with Gasteiger partial charge in [0.1, 0.15) is 0 Å². The highest BCUT2D eigenvalue weighted by molar-refractivity contribution is 7.13. The van der Waals surface area contributed by atoms with Gasteiger partial charge in [-0.3, -0.25) is 0 Å². The SMILES string of the molecule is CC(C)[C@H](CN1CC[C@H](C2=CCC(Cl)C=C2)C(C)(C)C1)Nc1nc(C2=CC=CCC2Cl)cs1. The summed E-state index contributed by atoms with van der Waals surface area (Å²) in [6, 6.07) is 0.356. The number of hydrogen-bond acceptors (Lipinski definition) is 4. The van der Waals surface area contributed by atoms with E-state index in [0.29, 0.717) is 17.9 Å². The van der Waals surface area contributed by atoms with Crippen LogP contribution in [0.2, 0.25) is 0 Å². The second-order valence-electron chi connectivity index (χ2n) is 10.7. The molecule has 2 heterocycles. The Bertz CT molecular complexity index is 943. The fourth-order valence-corrected chi connectivity index (χ4v) is 6.52. The first kappa shape index (κ1) is 25.0. The lowest BCUT2D eigenvalue weighted by atomic mass is 9.69. The van der Waals surface area contributed by atoms with Crippen molar-refractivity contribution in [1.29, 1.82) is 0 Å². The summed E-state index contributed by atoms with van der Waals surface area (Å²) in [5, 5.41) is 7.04. The van der Waals surface area contributed by atoms with Crippen LogP contribution in [-0.2, 0) is 0 Å². The summed E-state index contributed by atoms with van der Waals surface area (Å²) < 4.78 is 0. The van der Waals surface area contributed by atoms with Crippen LogP contribution in [0.5, 0.6) is 0 Å². The number of alkyl halides is 2. The van der Waals surface area contributed by atoms with Crippen molar-refractivity contribution in [3.05, 3.63) is 53.1 Å². The molecule has 6 heteroatoms. The molecule has 1 aromatic heterocycles. The Morgan fingerprint density at radius 1 is 1.27 bits per heavy atom. The van der Waals surface area contributed by atoms with Gasteiger partial charge in [-0.15, -0.1) is 34.5 Å². The first-order chi connectivity index (χ1) is 15.7. The maximum atomic E-state index is 6.52. The maximum absolute atomic E-state index is 6.52. The van der Waals surface area contributed by atoms with Crippen LogP contribution in [-0.4, -0.2) is 46.3 Å². The van der Waals surface area contributed by atoms with Gasteiger partial charge < -0.3 is 10.2 Å². The van der Waals surface area contributed by atoms with Gasteiger partial charge >= 0.3 is 0 Å². The number of allylic oxidation sites excluding steroid dienone is 8. The number of aromatic nitrogens is 1. The van der Waals surface area contributed by atoms with Crippen LogP contribution in [0.15, 0.2) is 47.4 Å². The van der Waals surface area contributed by atoms with Gasteiger partial charge in [-0.1, -0.05) is 64.2 Å². The van der Waals surface area contributed by atoms with Gasteiger partial charge in [-0.05, 0) is 54.2 Å². The molecule has 0 radical (unpaired) electrons. The van der Waals surface area contributed by atoms with E-state index in [1.165, 1.54) is 12.0 Å². The van der Waals surface area contributed by atoms with E-state index in [1.807, 2.05) is 0 Å². The van der Waals surface area contributed by atoms with E-state index < -0.39 is 0 Å². The summed E-state index contributed by atoms with van der Waals surface area (Å²) >= 11 is 14.5. The molecule has 33 heavy (non-hydrogen) atoms. The minimum absolute atomic E-state index is 0.0128. The van der Waals surface area contributed by atoms with Crippen LogP contribution in [0.3, 0.4) is 0 Å². The molecular weight excluding hydrogens is 469 g/mol. The summed E-state index contributed by atoms with van der Waals surface area (Å²) in [4.78, 5) is 7.53. The van der Waals surface area contributed by atoms with Crippen LogP contribution in [0, 0.1) is 17.3 Å². The minimum Gasteiger partial charge on any atom is -0.357 e. The third-order valence-corrected chi connectivity index (χ3v) is 8.76. The first-order valence-electron chi connectivity index (χ1n) is 12.2. The average molecular weight is 507 g/mol. The molecule has 1 aromatic rings. The van der Waals surface area contributed by atoms with E-state index in [1.54, 1.807) is 11.3 Å². The van der Waals surface area contributed by atoms with Crippen LogP contribution < -0.4 is 5.32 Å². The molecule has 0 spiro atoms. The quantitative estimate of drug-likeness (QED) is 0.391. The van der Waals surface area contributed by atoms with Crippen molar-refractivity contribution >= 4 is 45.2 Å². The summed E-state index contributed by atoms with van der Waals surface area (Å²) in [5.41, 5.74) is 3.85. The van der Waals surface area contributed by atoms with Crippen molar-refractivity contribution in [2.75, 3.05) is 25.0 Å². The molecule has 0 amide bonds. The van der Waals surface area contributed by atoms with Crippen molar-refractivity contribution in [2.45, 2.75) is 63.8 Å². The van der Waals surface area contributed by atoms with Gasteiger partial charge in [-0.25, -0.2) is 4.98 Å². The predicted octanol–water partition coefficient (Wildman–Crippen LogP) is 7.37. The van der Waals surface area contributed by atoms with E-state index in [0.717, 1.165) is 48.9 Å². The first-order valence-corrected chi connectivity index (χ1v) is 14.0. The molecule has 3 nitrogen and oxygen atoms in total. The average Bonchev–Trinajstić information content (AvgIpc) is 3.22. The third kappa shape index (κ3) is 6.14. The lowest BCUT2D eigenvalue weighted by Gasteiger charge is -2.46. The van der Waals surface area contributed by atoms with E-state index in [2.05, 4.69) is 79.7 Å². The van der Waals surface area contributed by atoms with Crippen LogP contribution >= 0.6 is 34.5 Å². The number of hydrogen-bond donors (Lipinski definition) is 1. The summed E-state index contributed by atoms with van der Waals surface area (Å²) in [6.45, 7) is 12.7. The van der Waals surface area contributed by atoms with Gasteiger partial charge in [0, 0.05) is 24.5 Å². The lowest BCUT2D eigenvalue weighted by Crippen LogP contribution is -2.50. The predicted molar refractivity (Wildman–Crippen MR) is 146 cm³/mol. The third-order valence-electron chi connectivity index (χ3n) is 7.25. The van der Waals surface area contributed by atoms with Crippen LogP contribution in [0.1, 0.15) is 52.7 Å². The monoisotopic (exact) mass is 505 g/mol. The molecular formula is C27H37Cl2N3S. The molecule has 0 saturated carbocycles.